The lowest BCUT2D eigenvalue weighted by Gasteiger charge is -2.12. The highest BCUT2D eigenvalue weighted by Crippen LogP contribution is 2.15. The van der Waals surface area contributed by atoms with E-state index in [-0.39, 0.29) is 18.6 Å². The summed E-state index contributed by atoms with van der Waals surface area (Å²) >= 11 is 0. The fraction of sp³-hybridized carbons (Fsp3) is 0.455. The monoisotopic (exact) mass is 223 g/mol. The summed E-state index contributed by atoms with van der Waals surface area (Å²) < 4.78 is 5.54. The van der Waals surface area contributed by atoms with Gasteiger partial charge in [0, 0.05) is 18.3 Å². The van der Waals surface area contributed by atoms with Gasteiger partial charge in [0.2, 0.25) is 11.8 Å². The largest absolute Gasteiger partial charge is 0.475 e. The first-order valence-electron chi connectivity index (χ1n) is 5.19. The van der Waals surface area contributed by atoms with Crippen LogP contribution in [0.4, 0.5) is 0 Å². The number of primary amides is 1. The number of amides is 1. The molecule has 0 fully saturated rings. The molecule has 0 saturated heterocycles. The maximum atomic E-state index is 10.6. The van der Waals surface area contributed by atoms with Crippen LogP contribution in [0, 0.1) is 0 Å². The Hall–Kier alpha value is -1.62. The van der Waals surface area contributed by atoms with Crippen molar-refractivity contribution in [3.8, 4) is 5.88 Å². The van der Waals surface area contributed by atoms with Crippen LogP contribution < -0.4 is 15.8 Å². The molecule has 0 saturated carbocycles. The minimum absolute atomic E-state index is 0.0739. The molecule has 1 aromatic rings. The van der Waals surface area contributed by atoms with Crippen molar-refractivity contribution in [3.63, 3.8) is 0 Å². The van der Waals surface area contributed by atoms with Crippen LogP contribution in [-0.2, 0) is 11.3 Å². The van der Waals surface area contributed by atoms with Gasteiger partial charge in [-0.2, -0.15) is 0 Å². The second-order valence-electron chi connectivity index (χ2n) is 3.70. The molecule has 0 unspecified atom stereocenters. The predicted octanol–water partition coefficient (Wildman–Crippen LogP) is 0.444. The molecule has 16 heavy (non-hydrogen) atoms. The molecule has 88 valence electrons. The summed E-state index contributed by atoms with van der Waals surface area (Å²) in [6, 6.07) is 3.73. The van der Waals surface area contributed by atoms with E-state index in [4.69, 9.17) is 10.5 Å². The maximum Gasteiger partial charge on any atom is 0.231 e. The molecule has 0 aliphatic carbocycles. The number of carbonyl (C=O) groups excluding carboxylic acids is 1. The van der Waals surface area contributed by atoms with Gasteiger partial charge in [-0.05, 0) is 19.9 Å². The Balaban J connectivity index is 2.60. The number of hydrogen-bond donors (Lipinski definition) is 2. The van der Waals surface area contributed by atoms with Gasteiger partial charge < -0.3 is 15.8 Å². The minimum Gasteiger partial charge on any atom is -0.475 e. The minimum atomic E-state index is -0.379. The Kier molecular flexibility index (Phi) is 4.72. The Bertz CT molecular complexity index is 353. The summed E-state index contributed by atoms with van der Waals surface area (Å²) in [4.78, 5) is 14.7. The Labute approximate surface area is 95.0 Å². The zero-order chi connectivity index (χ0) is 12.0. The number of ether oxygens (including phenoxy) is 1. The van der Waals surface area contributed by atoms with E-state index < -0.39 is 0 Å². The molecular weight excluding hydrogens is 206 g/mol. The van der Waals surface area contributed by atoms with Crippen molar-refractivity contribution in [1.82, 2.24) is 10.3 Å². The van der Waals surface area contributed by atoms with Crippen LogP contribution in [0.15, 0.2) is 18.3 Å². The van der Waals surface area contributed by atoms with Crippen molar-refractivity contribution in [2.24, 2.45) is 5.73 Å². The summed E-state index contributed by atoms with van der Waals surface area (Å²) in [5.74, 6) is 0.213. The lowest BCUT2D eigenvalue weighted by Crippen LogP contribution is -2.28. The van der Waals surface area contributed by atoms with Crippen molar-refractivity contribution in [1.29, 1.82) is 0 Å². The van der Waals surface area contributed by atoms with E-state index in [2.05, 4.69) is 10.3 Å². The van der Waals surface area contributed by atoms with E-state index in [1.165, 1.54) is 0 Å². The fourth-order valence-corrected chi connectivity index (χ4v) is 1.21. The lowest BCUT2D eigenvalue weighted by molar-refractivity contribution is -0.117. The van der Waals surface area contributed by atoms with E-state index in [1.807, 2.05) is 26.0 Å². The van der Waals surface area contributed by atoms with Gasteiger partial charge in [-0.15, -0.1) is 0 Å². The number of aromatic nitrogens is 1. The Morgan fingerprint density at radius 3 is 3.00 bits per heavy atom. The summed E-state index contributed by atoms with van der Waals surface area (Å²) in [7, 11) is 0. The van der Waals surface area contributed by atoms with E-state index in [0.29, 0.717) is 12.4 Å². The molecule has 0 aliphatic rings. The van der Waals surface area contributed by atoms with E-state index >= 15 is 0 Å². The Morgan fingerprint density at radius 2 is 2.38 bits per heavy atom. The average molecular weight is 223 g/mol. The molecule has 1 aromatic heterocycles. The second-order valence-corrected chi connectivity index (χ2v) is 3.70. The molecule has 5 nitrogen and oxygen atoms in total. The van der Waals surface area contributed by atoms with Crippen molar-refractivity contribution in [2.45, 2.75) is 26.5 Å². The number of carbonyl (C=O) groups is 1. The van der Waals surface area contributed by atoms with Gasteiger partial charge in [-0.25, -0.2) is 4.98 Å². The molecule has 0 aliphatic heterocycles. The molecule has 5 heteroatoms. The van der Waals surface area contributed by atoms with Crippen LogP contribution in [-0.4, -0.2) is 23.5 Å². The number of hydrogen-bond acceptors (Lipinski definition) is 4. The predicted molar refractivity (Wildman–Crippen MR) is 60.9 cm³/mol. The van der Waals surface area contributed by atoms with Crippen LogP contribution in [0.1, 0.15) is 19.4 Å². The van der Waals surface area contributed by atoms with Gasteiger partial charge >= 0.3 is 0 Å². The average Bonchev–Trinajstić information content (AvgIpc) is 2.19. The molecule has 0 atom stereocenters. The molecule has 1 heterocycles. The quantitative estimate of drug-likeness (QED) is 0.733. The van der Waals surface area contributed by atoms with Crippen LogP contribution in [0.2, 0.25) is 0 Å². The van der Waals surface area contributed by atoms with Crippen LogP contribution in [0.25, 0.3) is 0 Å². The lowest BCUT2D eigenvalue weighted by atomic mass is 10.2. The number of nitrogens with one attached hydrogen (secondary N) is 1. The highest BCUT2D eigenvalue weighted by Gasteiger charge is 2.06. The maximum absolute atomic E-state index is 10.6. The van der Waals surface area contributed by atoms with Gasteiger partial charge in [0.1, 0.15) is 0 Å². The third-order valence-corrected chi connectivity index (χ3v) is 1.81. The molecule has 0 bridgehead atoms. The van der Waals surface area contributed by atoms with Crippen molar-refractivity contribution in [2.75, 3.05) is 6.54 Å². The Morgan fingerprint density at radius 1 is 1.62 bits per heavy atom. The van der Waals surface area contributed by atoms with Gasteiger partial charge in [-0.1, -0.05) is 6.07 Å². The molecule has 0 spiro atoms. The van der Waals surface area contributed by atoms with Gasteiger partial charge in [0.05, 0.1) is 12.6 Å². The first-order valence-corrected chi connectivity index (χ1v) is 5.19. The molecule has 0 radical (unpaired) electrons. The van der Waals surface area contributed by atoms with Crippen LogP contribution in [0.3, 0.4) is 0 Å². The summed E-state index contributed by atoms with van der Waals surface area (Å²) in [5.41, 5.74) is 5.94. The topological polar surface area (TPSA) is 77.2 Å². The molecular formula is C11H17N3O2. The second kappa shape index (κ2) is 6.07. The summed E-state index contributed by atoms with van der Waals surface area (Å²) in [5, 5.41) is 2.92. The van der Waals surface area contributed by atoms with Crippen LogP contribution in [0.5, 0.6) is 5.88 Å². The van der Waals surface area contributed by atoms with Crippen molar-refractivity contribution >= 4 is 5.91 Å². The van der Waals surface area contributed by atoms with Gasteiger partial charge in [0.25, 0.3) is 0 Å². The standard InChI is InChI=1S/C11H17N3O2/c1-8(2)16-11-9(4-3-5-14-11)6-13-7-10(12)15/h3-5,8,13H,6-7H2,1-2H3,(H2,12,15). The van der Waals surface area contributed by atoms with Crippen molar-refractivity contribution in [3.05, 3.63) is 23.9 Å². The summed E-state index contributed by atoms with van der Waals surface area (Å²) in [6.45, 7) is 4.54. The van der Waals surface area contributed by atoms with E-state index in [0.717, 1.165) is 5.56 Å². The normalized spacial score (nSPS) is 10.4. The van der Waals surface area contributed by atoms with E-state index in [1.54, 1.807) is 6.20 Å². The zero-order valence-corrected chi connectivity index (χ0v) is 9.56. The van der Waals surface area contributed by atoms with Gasteiger partial charge in [0.15, 0.2) is 0 Å². The third-order valence-electron chi connectivity index (χ3n) is 1.81. The molecule has 1 amide bonds. The number of nitrogens with zero attached hydrogens (tertiary/aromatic N) is 1. The first-order chi connectivity index (χ1) is 7.59. The highest BCUT2D eigenvalue weighted by atomic mass is 16.5. The number of nitrogens with two attached hydrogens (primary N) is 1. The first kappa shape index (κ1) is 12.4. The van der Waals surface area contributed by atoms with E-state index in [9.17, 15) is 4.79 Å². The SMILES string of the molecule is CC(C)Oc1ncccc1CNCC(N)=O. The summed E-state index contributed by atoms with van der Waals surface area (Å²) in [6.07, 6.45) is 1.75. The van der Waals surface area contributed by atoms with Crippen molar-refractivity contribution < 1.29 is 9.53 Å². The zero-order valence-electron chi connectivity index (χ0n) is 9.56. The fourth-order valence-electron chi connectivity index (χ4n) is 1.21. The highest BCUT2D eigenvalue weighted by molar-refractivity contribution is 5.75. The molecule has 1 rings (SSSR count). The molecule has 3 N–H and O–H groups in total. The third kappa shape index (κ3) is 4.27. The van der Waals surface area contributed by atoms with Gasteiger partial charge in [-0.3, -0.25) is 4.79 Å². The number of pyridine rings is 1. The van der Waals surface area contributed by atoms with Crippen LogP contribution >= 0.6 is 0 Å². The number of rotatable bonds is 6. The smallest absolute Gasteiger partial charge is 0.231 e. The molecule has 0 aromatic carbocycles.